The summed E-state index contributed by atoms with van der Waals surface area (Å²) in [7, 11) is -3.84. The summed E-state index contributed by atoms with van der Waals surface area (Å²) >= 11 is 8.97. The van der Waals surface area contributed by atoms with E-state index in [0.29, 0.717) is 5.69 Å². The standard InChI is InChI=1S/C18H14BrClN4O3S/c19-13-3-1-12(2-4-13)11-18(25)21-14-5-7-15(8-6-14)28(26,27)24-17-10-9-16(20)22-23-17/h1-10H,11H2,(H,21,25)(H,23,24). The van der Waals surface area contributed by atoms with Crippen molar-refractivity contribution in [1.82, 2.24) is 10.2 Å². The van der Waals surface area contributed by atoms with Crippen LogP contribution in [0.15, 0.2) is 70.0 Å². The van der Waals surface area contributed by atoms with Gasteiger partial charge < -0.3 is 5.32 Å². The molecular formula is C18H14BrClN4O3S. The Balaban J connectivity index is 1.64. The second kappa shape index (κ2) is 8.68. The van der Waals surface area contributed by atoms with Crippen LogP contribution in [-0.2, 0) is 21.2 Å². The van der Waals surface area contributed by atoms with Crippen molar-refractivity contribution in [3.8, 4) is 0 Å². The van der Waals surface area contributed by atoms with E-state index < -0.39 is 10.0 Å². The highest BCUT2D eigenvalue weighted by molar-refractivity contribution is 9.10. The van der Waals surface area contributed by atoms with Crippen molar-refractivity contribution in [3.63, 3.8) is 0 Å². The van der Waals surface area contributed by atoms with Gasteiger partial charge in [-0.2, -0.15) is 0 Å². The molecule has 10 heteroatoms. The summed E-state index contributed by atoms with van der Waals surface area (Å²) in [5.41, 5.74) is 1.36. The maximum absolute atomic E-state index is 12.4. The van der Waals surface area contributed by atoms with Crippen molar-refractivity contribution in [2.24, 2.45) is 0 Å². The van der Waals surface area contributed by atoms with Gasteiger partial charge in [-0.15, -0.1) is 10.2 Å². The molecule has 1 aromatic heterocycles. The van der Waals surface area contributed by atoms with Gasteiger partial charge in [-0.05, 0) is 54.1 Å². The number of halogens is 2. The fraction of sp³-hybridized carbons (Fsp3) is 0.0556. The molecule has 2 aromatic carbocycles. The number of amides is 1. The fourth-order valence-corrected chi connectivity index (χ4v) is 3.64. The molecule has 0 saturated heterocycles. The summed E-state index contributed by atoms with van der Waals surface area (Å²) in [5, 5.41) is 10.1. The molecule has 1 heterocycles. The highest BCUT2D eigenvalue weighted by Crippen LogP contribution is 2.18. The van der Waals surface area contributed by atoms with Crippen molar-refractivity contribution >= 4 is 55.0 Å². The molecule has 0 saturated carbocycles. The number of nitrogens with zero attached hydrogens (tertiary/aromatic N) is 2. The highest BCUT2D eigenvalue weighted by Gasteiger charge is 2.15. The Hall–Kier alpha value is -2.49. The summed E-state index contributed by atoms with van der Waals surface area (Å²) in [6, 6.07) is 16.1. The van der Waals surface area contributed by atoms with Crippen LogP contribution in [0, 0.1) is 0 Å². The Morgan fingerprint density at radius 2 is 1.64 bits per heavy atom. The zero-order valence-corrected chi connectivity index (χ0v) is 17.4. The fourth-order valence-electron chi connectivity index (χ4n) is 2.28. The van der Waals surface area contributed by atoms with Crippen LogP contribution in [0.5, 0.6) is 0 Å². The number of carbonyl (C=O) groups excluding carboxylic acids is 1. The molecule has 144 valence electrons. The van der Waals surface area contributed by atoms with Crippen molar-refractivity contribution < 1.29 is 13.2 Å². The molecule has 1 amide bonds. The van der Waals surface area contributed by atoms with Gasteiger partial charge in [0.1, 0.15) is 0 Å². The monoisotopic (exact) mass is 480 g/mol. The van der Waals surface area contributed by atoms with Gasteiger partial charge in [0.25, 0.3) is 10.0 Å². The molecule has 0 aliphatic heterocycles. The van der Waals surface area contributed by atoms with Crippen LogP contribution < -0.4 is 10.0 Å². The molecule has 0 spiro atoms. The van der Waals surface area contributed by atoms with Crippen molar-refractivity contribution in [2.45, 2.75) is 11.3 Å². The topological polar surface area (TPSA) is 101 Å². The Labute approximate surface area is 175 Å². The van der Waals surface area contributed by atoms with E-state index >= 15 is 0 Å². The second-order valence-electron chi connectivity index (χ2n) is 5.72. The molecule has 0 aliphatic rings. The number of hydrogen-bond donors (Lipinski definition) is 2. The summed E-state index contributed by atoms with van der Waals surface area (Å²) in [6.45, 7) is 0. The van der Waals surface area contributed by atoms with Crippen molar-refractivity contribution in [1.29, 1.82) is 0 Å². The van der Waals surface area contributed by atoms with E-state index in [4.69, 9.17) is 11.6 Å². The molecule has 0 atom stereocenters. The third kappa shape index (κ3) is 5.51. The SMILES string of the molecule is O=C(Cc1ccc(Br)cc1)Nc1ccc(S(=O)(=O)Nc2ccc(Cl)nn2)cc1. The smallest absolute Gasteiger partial charge is 0.263 e. The number of anilines is 2. The molecule has 3 aromatic rings. The Kier molecular flexibility index (Phi) is 6.28. The zero-order valence-electron chi connectivity index (χ0n) is 14.3. The van der Waals surface area contributed by atoms with Gasteiger partial charge in [-0.25, -0.2) is 8.42 Å². The minimum Gasteiger partial charge on any atom is -0.326 e. The Morgan fingerprint density at radius 3 is 2.25 bits per heavy atom. The van der Waals surface area contributed by atoms with Gasteiger partial charge in [0.05, 0.1) is 11.3 Å². The van der Waals surface area contributed by atoms with Crippen LogP contribution in [0.4, 0.5) is 11.5 Å². The lowest BCUT2D eigenvalue weighted by Gasteiger charge is -2.09. The number of sulfonamides is 1. The number of benzene rings is 2. The van der Waals surface area contributed by atoms with E-state index in [9.17, 15) is 13.2 Å². The predicted octanol–water partition coefficient (Wildman–Crippen LogP) is 3.87. The third-order valence-electron chi connectivity index (χ3n) is 3.60. The van der Waals surface area contributed by atoms with Crippen LogP contribution in [0.3, 0.4) is 0 Å². The molecule has 0 aliphatic carbocycles. The first-order chi connectivity index (χ1) is 13.3. The molecule has 0 radical (unpaired) electrons. The van der Waals surface area contributed by atoms with E-state index in [1.54, 1.807) is 0 Å². The van der Waals surface area contributed by atoms with Gasteiger partial charge in [-0.3, -0.25) is 9.52 Å². The molecule has 0 fully saturated rings. The number of nitrogens with one attached hydrogen (secondary N) is 2. The molecule has 0 unspecified atom stereocenters. The predicted molar refractivity (Wildman–Crippen MR) is 111 cm³/mol. The summed E-state index contributed by atoms with van der Waals surface area (Å²) in [4.78, 5) is 12.2. The van der Waals surface area contributed by atoms with Crippen molar-refractivity contribution in [3.05, 3.63) is 75.9 Å². The first-order valence-corrected chi connectivity index (χ1v) is 10.6. The van der Waals surface area contributed by atoms with E-state index in [1.807, 2.05) is 24.3 Å². The lowest BCUT2D eigenvalue weighted by molar-refractivity contribution is -0.115. The first kappa shape index (κ1) is 20.2. The minimum atomic E-state index is -3.84. The quantitative estimate of drug-likeness (QED) is 0.556. The number of rotatable bonds is 6. The van der Waals surface area contributed by atoms with Gasteiger partial charge >= 0.3 is 0 Å². The van der Waals surface area contributed by atoms with Gasteiger partial charge in [0.15, 0.2) is 11.0 Å². The van der Waals surface area contributed by atoms with Gasteiger partial charge in [0.2, 0.25) is 5.91 Å². The van der Waals surface area contributed by atoms with E-state index in [0.717, 1.165) is 10.0 Å². The largest absolute Gasteiger partial charge is 0.326 e. The van der Waals surface area contributed by atoms with Crippen LogP contribution in [0.2, 0.25) is 5.15 Å². The summed E-state index contributed by atoms with van der Waals surface area (Å²) < 4.78 is 28.0. The van der Waals surface area contributed by atoms with Gasteiger partial charge in [0, 0.05) is 10.2 Å². The molecule has 28 heavy (non-hydrogen) atoms. The Bertz CT molecular complexity index is 1070. The van der Waals surface area contributed by atoms with Crippen LogP contribution in [-0.4, -0.2) is 24.5 Å². The number of carbonyl (C=O) groups is 1. The van der Waals surface area contributed by atoms with Crippen LogP contribution in [0.25, 0.3) is 0 Å². The lowest BCUT2D eigenvalue weighted by atomic mass is 10.1. The Morgan fingerprint density at radius 1 is 0.964 bits per heavy atom. The third-order valence-corrected chi connectivity index (χ3v) is 5.70. The van der Waals surface area contributed by atoms with Crippen molar-refractivity contribution in [2.75, 3.05) is 10.0 Å². The second-order valence-corrected chi connectivity index (χ2v) is 8.71. The summed E-state index contributed by atoms with van der Waals surface area (Å²) in [6.07, 6.45) is 0.212. The number of hydrogen-bond acceptors (Lipinski definition) is 5. The highest BCUT2D eigenvalue weighted by atomic mass is 79.9. The number of aromatic nitrogens is 2. The molecule has 3 rings (SSSR count). The maximum atomic E-state index is 12.4. The molecular weight excluding hydrogens is 468 g/mol. The molecule has 2 N–H and O–H groups in total. The average Bonchev–Trinajstić information content (AvgIpc) is 2.66. The van der Waals surface area contributed by atoms with E-state index in [1.165, 1.54) is 36.4 Å². The maximum Gasteiger partial charge on any atom is 0.263 e. The minimum absolute atomic E-state index is 0.0233. The lowest BCUT2D eigenvalue weighted by Crippen LogP contribution is -2.16. The molecule has 7 nitrogen and oxygen atoms in total. The first-order valence-electron chi connectivity index (χ1n) is 7.98. The van der Waals surface area contributed by atoms with Gasteiger partial charge in [-0.1, -0.05) is 39.7 Å². The zero-order chi connectivity index (χ0) is 20.1. The van der Waals surface area contributed by atoms with E-state index in [-0.39, 0.29) is 28.2 Å². The summed E-state index contributed by atoms with van der Waals surface area (Å²) in [5.74, 6) is -0.149. The average molecular weight is 482 g/mol. The van der Waals surface area contributed by atoms with E-state index in [2.05, 4.69) is 36.2 Å². The normalized spacial score (nSPS) is 11.1. The van der Waals surface area contributed by atoms with Crippen LogP contribution in [0.1, 0.15) is 5.56 Å². The molecule has 0 bridgehead atoms. The van der Waals surface area contributed by atoms with Crippen LogP contribution >= 0.6 is 27.5 Å².